The van der Waals surface area contributed by atoms with Crippen LogP contribution in [0.2, 0.25) is 0 Å². The van der Waals surface area contributed by atoms with E-state index in [1.807, 2.05) is 6.07 Å². The van der Waals surface area contributed by atoms with Gasteiger partial charge in [0.25, 0.3) is 5.89 Å². The van der Waals surface area contributed by atoms with Crippen LogP contribution < -0.4 is 5.73 Å². The van der Waals surface area contributed by atoms with E-state index >= 15 is 0 Å². The van der Waals surface area contributed by atoms with Crippen LogP contribution in [0.3, 0.4) is 0 Å². The Kier molecular flexibility index (Phi) is 2.38. The highest BCUT2D eigenvalue weighted by atomic mass is 32.1. The van der Waals surface area contributed by atoms with Crippen molar-refractivity contribution in [3.05, 3.63) is 36.0 Å². The molecule has 6 heteroatoms. The molecule has 2 aromatic heterocycles. The average Bonchev–Trinajstić information content (AvgIpc) is 2.93. The molecular weight excluding hydrogens is 241 g/mol. The Balaban J connectivity index is 2.11. The molecule has 4 nitrogen and oxygen atoms in total. The van der Waals surface area contributed by atoms with Crippen LogP contribution >= 0.6 is 11.3 Å². The number of rotatable bonds is 2. The van der Waals surface area contributed by atoms with Crippen molar-refractivity contribution in [2.24, 2.45) is 5.73 Å². The average molecular weight is 249 g/mol. The smallest absolute Gasteiger partial charge is 0.257 e. The van der Waals surface area contributed by atoms with Gasteiger partial charge in [0.15, 0.2) is 0 Å². The molecule has 0 spiro atoms. The summed E-state index contributed by atoms with van der Waals surface area (Å²) in [5.41, 5.74) is 5.39. The molecule has 0 radical (unpaired) electrons. The van der Waals surface area contributed by atoms with Crippen molar-refractivity contribution in [1.82, 2.24) is 10.2 Å². The van der Waals surface area contributed by atoms with Gasteiger partial charge < -0.3 is 10.2 Å². The van der Waals surface area contributed by atoms with Crippen molar-refractivity contribution in [2.45, 2.75) is 6.54 Å². The molecule has 0 unspecified atom stereocenters. The molecule has 0 atom stereocenters. The van der Waals surface area contributed by atoms with Gasteiger partial charge in [-0.1, -0.05) is 6.07 Å². The van der Waals surface area contributed by atoms with Crippen molar-refractivity contribution in [3.63, 3.8) is 0 Å². The van der Waals surface area contributed by atoms with Crippen LogP contribution in [0.25, 0.3) is 20.9 Å². The number of nitrogens with zero attached hydrogens (tertiary/aromatic N) is 2. The lowest BCUT2D eigenvalue weighted by Crippen LogP contribution is -1.95. The minimum absolute atomic E-state index is 0.215. The van der Waals surface area contributed by atoms with E-state index in [4.69, 9.17) is 10.2 Å². The molecule has 0 amide bonds. The Labute approximate surface area is 99.9 Å². The second-order valence-electron chi connectivity index (χ2n) is 3.50. The van der Waals surface area contributed by atoms with Crippen molar-refractivity contribution in [2.75, 3.05) is 0 Å². The highest BCUT2D eigenvalue weighted by Crippen LogP contribution is 2.32. The predicted octanol–water partition coefficient (Wildman–Crippen LogP) is 2.55. The minimum atomic E-state index is -0.251. The molecule has 17 heavy (non-hydrogen) atoms. The Bertz CT molecular complexity index is 676. The third kappa shape index (κ3) is 1.81. The standard InChI is InChI=1S/C11H8FN3OS/c12-7-2-1-6-3-9(17-8(6)4-7)11-15-14-10(5-13)16-11/h1-4H,5,13H2. The minimum Gasteiger partial charge on any atom is -0.419 e. The second-order valence-corrected chi connectivity index (χ2v) is 4.58. The Hall–Kier alpha value is -1.79. The summed E-state index contributed by atoms with van der Waals surface area (Å²) in [6.45, 7) is 0.215. The third-order valence-corrected chi connectivity index (χ3v) is 3.42. The van der Waals surface area contributed by atoms with E-state index in [9.17, 15) is 4.39 Å². The summed E-state index contributed by atoms with van der Waals surface area (Å²) in [5, 5.41) is 8.64. The lowest BCUT2D eigenvalue weighted by atomic mass is 10.2. The fourth-order valence-corrected chi connectivity index (χ4v) is 2.55. The maximum atomic E-state index is 13.0. The molecule has 0 aliphatic rings. The monoisotopic (exact) mass is 249 g/mol. The van der Waals surface area contributed by atoms with Gasteiger partial charge in [0, 0.05) is 4.70 Å². The van der Waals surface area contributed by atoms with E-state index < -0.39 is 0 Å². The third-order valence-electron chi connectivity index (χ3n) is 2.33. The molecule has 0 bridgehead atoms. The van der Waals surface area contributed by atoms with Crippen LogP contribution in [-0.2, 0) is 6.54 Å². The van der Waals surface area contributed by atoms with E-state index in [1.165, 1.54) is 23.5 Å². The molecule has 0 aliphatic heterocycles. The number of fused-ring (bicyclic) bond motifs is 1. The number of hydrogen-bond donors (Lipinski definition) is 1. The van der Waals surface area contributed by atoms with Gasteiger partial charge in [0.1, 0.15) is 5.82 Å². The first-order valence-corrected chi connectivity index (χ1v) is 5.80. The normalized spacial score (nSPS) is 11.2. The molecule has 3 rings (SSSR count). The van der Waals surface area contributed by atoms with Gasteiger partial charge >= 0.3 is 0 Å². The Morgan fingerprint density at radius 1 is 1.29 bits per heavy atom. The fourth-order valence-electron chi connectivity index (χ4n) is 1.55. The lowest BCUT2D eigenvalue weighted by molar-refractivity contribution is 0.510. The second kappa shape index (κ2) is 3.90. The Morgan fingerprint density at radius 2 is 2.18 bits per heavy atom. The van der Waals surface area contributed by atoms with Gasteiger partial charge in [0.2, 0.25) is 5.89 Å². The zero-order chi connectivity index (χ0) is 11.8. The van der Waals surface area contributed by atoms with Gasteiger partial charge in [0.05, 0.1) is 11.4 Å². The summed E-state index contributed by atoms with van der Waals surface area (Å²) in [4.78, 5) is 0.817. The summed E-state index contributed by atoms with van der Waals surface area (Å²) >= 11 is 1.41. The van der Waals surface area contributed by atoms with Crippen LogP contribution in [0.5, 0.6) is 0 Å². The van der Waals surface area contributed by atoms with E-state index in [0.717, 1.165) is 15.0 Å². The van der Waals surface area contributed by atoms with Gasteiger partial charge in [-0.25, -0.2) is 4.39 Å². The molecule has 0 saturated carbocycles. The van der Waals surface area contributed by atoms with Gasteiger partial charge in [-0.3, -0.25) is 0 Å². The topological polar surface area (TPSA) is 64.9 Å². The first-order valence-electron chi connectivity index (χ1n) is 4.98. The summed E-state index contributed by atoms with van der Waals surface area (Å²) in [6.07, 6.45) is 0. The molecular formula is C11H8FN3OS. The zero-order valence-electron chi connectivity index (χ0n) is 8.68. The SMILES string of the molecule is NCc1nnc(-c2cc3ccc(F)cc3s2)o1. The lowest BCUT2D eigenvalue weighted by Gasteiger charge is -1.86. The molecule has 0 fully saturated rings. The summed E-state index contributed by atoms with van der Waals surface area (Å²) in [6, 6.07) is 6.54. The van der Waals surface area contributed by atoms with Crippen LogP contribution in [0, 0.1) is 5.82 Å². The van der Waals surface area contributed by atoms with Crippen molar-refractivity contribution in [3.8, 4) is 10.8 Å². The Morgan fingerprint density at radius 3 is 2.94 bits per heavy atom. The highest BCUT2D eigenvalue weighted by Gasteiger charge is 2.11. The van der Waals surface area contributed by atoms with E-state index in [2.05, 4.69) is 10.2 Å². The number of nitrogens with two attached hydrogens (primary N) is 1. The molecule has 2 N–H and O–H groups in total. The summed E-state index contributed by atoms with van der Waals surface area (Å²) in [5.74, 6) is 0.565. The number of aromatic nitrogens is 2. The molecule has 2 heterocycles. The van der Waals surface area contributed by atoms with Gasteiger partial charge in [-0.05, 0) is 23.6 Å². The van der Waals surface area contributed by atoms with Crippen molar-refractivity contribution < 1.29 is 8.81 Å². The maximum absolute atomic E-state index is 13.0. The predicted molar refractivity (Wildman–Crippen MR) is 63.0 cm³/mol. The van der Waals surface area contributed by atoms with Crippen LogP contribution in [-0.4, -0.2) is 10.2 Å². The quantitative estimate of drug-likeness (QED) is 0.758. The van der Waals surface area contributed by atoms with Crippen LogP contribution in [0.15, 0.2) is 28.7 Å². The van der Waals surface area contributed by atoms with E-state index in [0.29, 0.717) is 11.8 Å². The molecule has 86 valence electrons. The molecule has 1 aromatic carbocycles. The number of thiophene rings is 1. The van der Waals surface area contributed by atoms with Crippen LogP contribution in [0.4, 0.5) is 4.39 Å². The number of halogens is 1. The molecule has 3 aromatic rings. The van der Waals surface area contributed by atoms with Gasteiger partial charge in [-0.15, -0.1) is 21.5 Å². The number of hydrogen-bond acceptors (Lipinski definition) is 5. The van der Waals surface area contributed by atoms with E-state index in [-0.39, 0.29) is 12.4 Å². The summed E-state index contributed by atoms with van der Waals surface area (Å²) in [7, 11) is 0. The van der Waals surface area contributed by atoms with Gasteiger partial charge in [-0.2, -0.15) is 0 Å². The maximum Gasteiger partial charge on any atom is 0.257 e. The largest absolute Gasteiger partial charge is 0.419 e. The zero-order valence-corrected chi connectivity index (χ0v) is 9.50. The molecule has 0 saturated heterocycles. The van der Waals surface area contributed by atoms with E-state index in [1.54, 1.807) is 6.07 Å². The van der Waals surface area contributed by atoms with Crippen molar-refractivity contribution in [1.29, 1.82) is 0 Å². The fraction of sp³-hybridized carbons (Fsp3) is 0.0909. The highest BCUT2D eigenvalue weighted by molar-refractivity contribution is 7.22. The van der Waals surface area contributed by atoms with Crippen LogP contribution in [0.1, 0.15) is 5.89 Å². The van der Waals surface area contributed by atoms with Crippen molar-refractivity contribution >= 4 is 21.4 Å². The number of benzene rings is 1. The first-order chi connectivity index (χ1) is 8.26. The summed E-state index contributed by atoms with van der Waals surface area (Å²) < 4.78 is 19.2. The molecule has 0 aliphatic carbocycles. The first kappa shape index (κ1) is 10.4.